The average molecular weight is 210 g/mol. The lowest BCUT2D eigenvalue weighted by molar-refractivity contribution is 0.102. The van der Waals surface area contributed by atoms with Crippen LogP contribution in [0.3, 0.4) is 0 Å². The Morgan fingerprint density at radius 2 is 2.21 bits per heavy atom. The second kappa shape index (κ2) is 5.05. The van der Waals surface area contributed by atoms with Crippen LogP contribution in [-0.4, -0.2) is 18.6 Å². The molecule has 0 aliphatic rings. The third-order valence-corrected chi connectivity index (χ3v) is 2.40. The molecule has 0 aromatic heterocycles. The molecule has 0 bridgehead atoms. The highest BCUT2D eigenvalue weighted by molar-refractivity contribution is 7.81. The number of hydrogen-bond donors (Lipinski definition) is 1. The highest BCUT2D eigenvalue weighted by atomic mass is 32.1. The molecule has 0 aliphatic heterocycles. The van der Waals surface area contributed by atoms with Crippen molar-refractivity contribution in [3.8, 4) is 5.75 Å². The van der Waals surface area contributed by atoms with Crippen LogP contribution in [0, 0.1) is 0 Å². The molecule has 1 aromatic carbocycles. The summed E-state index contributed by atoms with van der Waals surface area (Å²) in [5.41, 5.74) is 1.76. The van der Waals surface area contributed by atoms with Gasteiger partial charge in [0.2, 0.25) is 0 Å². The van der Waals surface area contributed by atoms with Crippen LogP contribution in [0.25, 0.3) is 0 Å². The zero-order valence-corrected chi connectivity index (χ0v) is 9.30. The largest absolute Gasteiger partial charge is 0.496 e. The van der Waals surface area contributed by atoms with Gasteiger partial charge in [-0.05, 0) is 24.1 Å². The molecular formula is C11H14O2S. The van der Waals surface area contributed by atoms with Crippen molar-refractivity contribution < 1.29 is 9.53 Å². The summed E-state index contributed by atoms with van der Waals surface area (Å²) in [6, 6.07) is 5.67. The van der Waals surface area contributed by atoms with E-state index < -0.39 is 0 Å². The standard InChI is InChI=1S/C11H14O2S/c1-3-8-4-5-11(13-2)9(6-8)10(12)7-14/h4-6,14H,3,7H2,1-2H3. The summed E-state index contributed by atoms with van der Waals surface area (Å²) in [7, 11) is 1.57. The van der Waals surface area contributed by atoms with Gasteiger partial charge in [-0.3, -0.25) is 4.79 Å². The lowest BCUT2D eigenvalue weighted by Gasteiger charge is -2.07. The molecule has 0 unspecified atom stereocenters. The van der Waals surface area contributed by atoms with Crippen LogP contribution in [0.15, 0.2) is 18.2 Å². The SMILES string of the molecule is CCc1ccc(OC)c(C(=O)CS)c1. The maximum Gasteiger partial charge on any atom is 0.176 e. The Labute approximate surface area is 89.7 Å². The zero-order chi connectivity index (χ0) is 10.6. The van der Waals surface area contributed by atoms with Gasteiger partial charge < -0.3 is 4.74 Å². The fraction of sp³-hybridized carbons (Fsp3) is 0.364. The molecular weight excluding hydrogens is 196 g/mol. The van der Waals surface area contributed by atoms with Gasteiger partial charge in [-0.2, -0.15) is 12.6 Å². The summed E-state index contributed by atoms with van der Waals surface area (Å²) in [6.07, 6.45) is 0.914. The van der Waals surface area contributed by atoms with Crippen LogP contribution in [0.4, 0.5) is 0 Å². The summed E-state index contributed by atoms with van der Waals surface area (Å²) < 4.78 is 5.11. The van der Waals surface area contributed by atoms with Gasteiger partial charge in [0, 0.05) is 0 Å². The van der Waals surface area contributed by atoms with E-state index in [-0.39, 0.29) is 11.5 Å². The maximum absolute atomic E-state index is 11.5. The predicted molar refractivity (Wildman–Crippen MR) is 60.6 cm³/mol. The Balaban J connectivity index is 3.14. The highest BCUT2D eigenvalue weighted by Gasteiger charge is 2.10. The molecule has 0 aliphatic carbocycles. The van der Waals surface area contributed by atoms with Crippen LogP contribution >= 0.6 is 12.6 Å². The molecule has 14 heavy (non-hydrogen) atoms. The Bertz CT molecular complexity index is 334. The smallest absolute Gasteiger partial charge is 0.176 e. The number of carbonyl (C=O) groups excluding carboxylic acids is 1. The summed E-state index contributed by atoms with van der Waals surface area (Å²) in [4.78, 5) is 11.5. The van der Waals surface area contributed by atoms with Crippen molar-refractivity contribution in [2.24, 2.45) is 0 Å². The van der Waals surface area contributed by atoms with E-state index in [0.717, 1.165) is 12.0 Å². The van der Waals surface area contributed by atoms with E-state index >= 15 is 0 Å². The second-order valence-corrected chi connectivity index (χ2v) is 3.29. The Morgan fingerprint density at radius 1 is 1.50 bits per heavy atom. The van der Waals surface area contributed by atoms with Crippen molar-refractivity contribution in [3.05, 3.63) is 29.3 Å². The quantitative estimate of drug-likeness (QED) is 0.610. The monoisotopic (exact) mass is 210 g/mol. The van der Waals surface area contributed by atoms with Gasteiger partial charge in [0.05, 0.1) is 18.4 Å². The molecule has 0 atom stereocenters. The normalized spacial score (nSPS) is 9.93. The first kappa shape index (κ1) is 11.1. The zero-order valence-electron chi connectivity index (χ0n) is 8.41. The van der Waals surface area contributed by atoms with E-state index in [1.165, 1.54) is 0 Å². The topological polar surface area (TPSA) is 26.3 Å². The number of rotatable bonds is 4. The van der Waals surface area contributed by atoms with Crippen molar-refractivity contribution in [2.45, 2.75) is 13.3 Å². The van der Waals surface area contributed by atoms with Crippen molar-refractivity contribution in [1.82, 2.24) is 0 Å². The van der Waals surface area contributed by atoms with Crippen molar-refractivity contribution in [3.63, 3.8) is 0 Å². The van der Waals surface area contributed by atoms with Gasteiger partial charge in [-0.1, -0.05) is 13.0 Å². The van der Waals surface area contributed by atoms with Gasteiger partial charge in [0.25, 0.3) is 0 Å². The third-order valence-electron chi connectivity index (χ3n) is 2.12. The van der Waals surface area contributed by atoms with Crippen LogP contribution in [0.2, 0.25) is 0 Å². The minimum atomic E-state index is 0.000448. The first-order chi connectivity index (χ1) is 6.72. The molecule has 0 saturated heterocycles. The van der Waals surface area contributed by atoms with Gasteiger partial charge in [0.15, 0.2) is 5.78 Å². The van der Waals surface area contributed by atoms with Crippen molar-refractivity contribution in [2.75, 3.05) is 12.9 Å². The predicted octanol–water partition coefficient (Wildman–Crippen LogP) is 2.37. The first-order valence-electron chi connectivity index (χ1n) is 4.53. The number of Topliss-reactive ketones (excluding diaryl/α,β-unsaturated/α-hetero) is 1. The molecule has 3 heteroatoms. The molecule has 0 spiro atoms. The molecule has 0 N–H and O–H groups in total. The van der Waals surface area contributed by atoms with Crippen molar-refractivity contribution >= 4 is 18.4 Å². The second-order valence-electron chi connectivity index (χ2n) is 2.97. The van der Waals surface area contributed by atoms with Gasteiger partial charge >= 0.3 is 0 Å². The lowest BCUT2D eigenvalue weighted by Crippen LogP contribution is -2.04. The molecule has 1 aromatic rings. The number of ether oxygens (including phenoxy) is 1. The Kier molecular flexibility index (Phi) is 4.01. The van der Waals surface area contributed by atoms with Gasteiger partial charge in [0.1, 0.15) is 5.75 Å². The number of benzene rings is 1. The van der Waals surface area contributed by atoms with E-state index in [1.807, 2.05) is 18.2 Å². The summed E-state index contributed by atoms with van der Waals surface area (Å²) >= 11 is 3.97. The molecule has 1 rings (SSSR count). The van der Waals surface area contributed by atoms with E-state index in [0.29, 0.717) is 11.3 Å². The Morgan fingerprint density at radius 3 is 2.71 bits per heavy atom. The minimum absolute atomic E-state index is 0.000448. The molecule has 0 amide bonds. The average Bonchev–Trinajstić information content (AvgIpc) is 2.27. The maximum atomic E-state index is 11.5. The number of hydrogen-bond acceptors (Lipinski definition) is 3. The van der Waals surface area contributed by atoms with Crippen LogP contribution in [-0.2, 0) is 6.42 Å². The van der Waals surface area contributed by atoms with E-state index in [4.69, 9.17) is 4.74 Å². The number of aryl methyl sites for hydroxylation is 1. The molecule has 0 saturated carbocycles. The molecule has 0 heterocycles. The van der Waals surface area contributed by atoms with Gasteiger partial charge in [-0.15, -0.1) is 0 Å². The summed E-state index contributed by atoms with van der Waals surface area (Å²) in [5.74, 6) is 0.838. The molecule has 2 nitrogen and oxygen atoms in total. The van der Waals surface area contributed by atoms with E-state index in [2.05, 4.69) is 19.6 Å². The fourth-order valence-electron chi connectivity index (χ4n) is 1.28. The first-order valence-corrected chi connectivity index (χ1v) is 5.17. The van der Waals surface area contributed by atoms with E-state index in [9.17, 15) is 4.79 Å². The minimum Gasteiger partial charge on any atom is -0.496 e. The number of thiol groups is 1. The third kappa shape index (κ3) is 2.29. The molecule has 0 radical (unpaired) electrons. The van der Waals surface area contributed by atoms with Crippen LogP contribution in [0.5, 0.6) is 5.75 Å². The summed E-state index contributed by atoms with van der Waals surface area (Å²) in [6.45, 7) is 2.05. The lowest BCUT2D eigenvalue weighted by atomic mass is 10.1. The molecule has 0 fully saturated rings. The van der Waals surface area contributed by atoms with Crippen LogP contribution < -0.4 is 4.74 Å². The van der Waals surface area contributed by atoms with E-state index in [1.54, 1.807) is 7.11 Å². The number of methoxy groups -OCH3 is 1. The molecule has 76 valence electrons. The van der Waals surface area contributed by atoms with Crippen molar-refractivity contribution in [1.29, 1.82) is 0 Å². The number of ketones is 1. The Hall–Kier alpha value is -0.960. The highest BCUT2D eigenvalue weighted by Crippen LogP contribution is 2.21. The summed E-state index contributed by atoms with van der Waals surface area (Å²) in [5, 5.41) is 0. The number of carbonyl (C=O) groups is 1. The van der Waals surface area contributed by atoms with Crippen LogP contribution in [0.1, 0.15) is 22.8 Å². The fourth-order valence-corrected chi connectivity index (χ4v) is 1.45. The van der Waals surface area contributed by atoms with Gasteiger partial charge in [-0.25, -0.2) is 0 Å².